The molecule has 0 radical (unpaired) electrons. The summed E-state index contributed by atoms with van der Waals surface area (Å²) in [5, 5.41) is 2.91. The first kappa shape index (κ1) is 18.8. The summed E-state index contributed by atoms with van der Waals surface area (Å²) in [4.78, 5) is 12.2. The molecule has 1 fully saturated rings. The van der Waals surface area contributed by atoms with Gasteiger partial charge in [0.1, 0.15) is 11.6 Å². The fourth-order valence-corrected chi connectivity index (χ4v) is 2.72. The van der Waals surface area contributed by atoms with Crippen molar-refractivity contribution < 1.29 is 13.6 Å². The van der Waals surface area contributed by atoms with Gasteiger partial charge in [0.05, 0.1) is 0 Å². The second kappa shape index (κ2) is 7.88. The minimum Gasteiger partial charge on any atom is -0.352 e. The van der Waals surface area contributed by atoms with Crippen LogP contribution in [0, 0.1) is 23.5 Å². The number of nitrogens with one attached hydrogen (secondary N) is 1. The lowest BCUT2D eigenvalue weighted by atomic mass is 10.0. The van der Waals surface area contributed by atoms with E-state index in [2.05, 4.69) is 19.2 Å². The van der Waals surface area contributed by atoms with Crippen LogP contribution >= 0.6 is 12.4 Å². The largest absolute Gasteiger partial charge is 0.352 e. The molecule has 124 valence electrons. The summed E-state index contributed by atoms with van der Waals surface area (Å²) in [6.45, 7) is 4.52. The number of rotatable bonds is 6. The van der Waals surface area contributed by atoms with Crippen LogP contribution in [0.2, 0.25) is 0 Å². The maximum absolute atomic E-state index is 13.7. The second-order valence-electron chi connectivity index (χ2n) is 6.19. The summed E-state index contributed by atoms with van der Waals surface area (Å²) in [6, 6.07) is 3.32. The highest BCUT2D eigenvalue weighted by molar-refractivity contribution is 5.85. The number of amides is 1. The number of benzene rings is 1. The van der Waals surface area contributed by atoms with E-state index >= 15 is 0 Å². The monoisotopic (exact) mass is 332 g/mol. The fourth-order valence-electron chi connectivity index (χ4n) is 2.72. The van der Waals surface area contributed by atoms with Crippen molar-refractivity contribution >= 4 is 18.3 Å². The molecule has 1 saturated carbocycles. The van der Waals surface area contributed by atoms with Crippen LogP contribution in [0.5, 0.6) is 0 Å². The molecule has 0 spiro atoms. The van der Waals surface area contributed by atoms with Crippen molar-refractivity contribution in [2.24, 2.45) is 17.6 Å². The molecule has 0 saturated heterocycles. The maximum atomic E-state index is 13.7. The van der Waals surface area contributed by atoms with Gasteiger partial charge < -0.3 is 11.1 Å². The highest BCUT2D eigenvalue weighted by Gasteiger charge is 2.45. The van der Waals surface area contributed by atoms with Gasteiger partial charge in [-0.15, -0.1) is 12.4 Å². The van der Waals surface area contributed by atoms with E-state index in [1.807, 2.05) is 0 Å². The first-order valence-corrected chi connectivity index (χ1v) is 7.37. The molecule has 0 bridgehead atoms. The van der Waals surface area contributed by atoms with E-state index in [0.29, 0.717) is 24.4 Å². The SMILES string of the molecule is CC(C)CC(CN)NC(=O)C1CC1c1cc(F)ccc1F.Cl. The standard InChI is InChI=1S/C16H22F2N2O.ClH/c1-9(2)5-11(8-19)20-16(21)14-7-12(14)13-6-10(17)3-4-15(13)18;/h3-4,6,9,11-12,14H,5,7-8,19H2,1-2H3,(H,20,21);1H. The van der Waals surface area contributed by atoms with Crippen molar-refractivity contribution in [1.29, 1.82) is 0 Å². The van der Waals surface area contributed by atoms with Crippen LogP contribution in [-0.2, 0) is 4.79 Å². The summed E-state index contributed by atoms with van der Waals surface area (Å²) < 4.78 is 26.9. The quantitative estimate of drug-likeness (QED) is 0.841. The third-order valence-electron chi connectivity index (χ3n) is 3.87. The average Bonchev–Trinajstić information content (AvgIpc) is 3.20. The summed E-state index contributed by atoms with van der Waals surface area (Å²) in [5.41, 5.74) is 5.95. The van der Waals surface area contributed by atoms with Gasteiger partial charge in [-0.2, -0.15) is 0 Å². The van der Waals surface area contributed by atoms with Crippen molar-refractivity contribution in [1.82, 2.24) is 5.32 Å². The molecule has 0 aromatic heterocycles. The Morgan fingerprint density at radius 2 is 2.09 bits per heavy atom. The number of carbonyl (C=O) groups excluding carboxylic acids is 1. The first-order valence-electron chi connectivity index (χ1n) is 7.37. The summed E-state index contributed by atoms with van der Waals surface area (Å²) in [6.07, 6.45) is 1.37. The van der Waals surface area contributed by atoms with Crippen molar-refractivity contribution in [3.8, 4) is 0 Å². The smallest absolute Gasteiger partial charge is 0.224 e. The Kier molecular flexibility index (Phi) is 6.75. The van der Waals surface area contributed by atoms with Gasteiger partial charge in [-0.1, -0.05) is 13.8 Å². The molecule has 3 nitrogen and oxygen atoms in total. The zero-order valence-corrected chi connectivity index (χ0v) is 13.6. The lowest BCUT2D eigenvalue weighted by molar-refractivity contribution is -0.123. The summed E-state index contributed by atoms with van der Waals surface area (Å²) in [7, 11) is 0. The van der Waals surface area contributed by atoms with E-state index < -0.39 is 11.6 Å². The van der Waals surface area contributed by atoms with Gasteiger partial charge in [0.25, 0.3) is 0 Å². The topological polar surface area (TPSA) is 55.1 Å². The zero-order valence-electron chi connectivity index (χ0n) is 12.8. The summed E-state index contributed by atoms with van der Waals surface area (Å²) in [5.74, 6) is -1.10. The Bertz CT molecular complexity index is 525. The van der Waals surface area contributed by atoms with Crippen LogP contribution < -0.4 is 11.1 Å². The molecule has 3 N–H and O–H groups in total. The molecule has 3 unspecified atom stereocenters. The van der Waals surface area contributed by atoms with Crippen LogP contribution in [-0.4, -0.2) is 18.5 Å². The first-order chi connectivity index (χ1) is 9.92. The molecule has 0 aliphatic heterocycles. The Labute approximate surface area is 136 Å². The van der Waals surface area contributed by atoms with Crippen molar-refractivity contribution in [2.75, 3.05) is 6.54 Å². The van der Waals surface area contributed by atoms with Crippen molar-refractivity contribution in [3.05, 3.63) is 35.4 Å². The van der Waals surface area contributed by atoms with E-state index in [9.17, 15) is 13.6 Å². The minimum absolute atomic E-state index is 0. The predicted octanol–water partition coefficient (Wildman–Crippen LogP) is 2.98. The van der Waals surface area contributed by atoms with Gasteiger partial charge in [0, 0.05) is 18.5 Å². The molecule has 0 heterocycles. The van der Waals surface area contributed by atoms with E-state index in [4.69, 9.17) is 5.73 Å². The Hall–Kier alpha value is -1.20. The van der Waals surface area contributed by atoms with Gasteiger partial charge in [-0.05, 0) is 48.4 Å². The molecular weight excluding hydrogens is 310 g/mol. The Morgan fingerprint density at radius 1 is 1.41 bits per heavy atom. The molecule has 3 atom stereocenters. The van der Waals surface area contributed by atoms with Crippen LogP contribution in [0.3, 0.4) is 0 Å². The van der Waals surface area contributed by atoms with Crippen molar-refractivity contribution in [3.63, 3.8) is 0 Å². The average molecular weight is 333 g/mol. The molecule has 1 aliphatic carbocycles. The molecule has 1 aliphatic rings. The van der Waals surface area contributed by atoms with Gasteiger partial charge in [-0.3, -0.25) is 4.79 Å². The molecule has 6 heteroatoms. The number of nitrogens with two attached hydrogens (primary N) is 1. The van der Waals surface area contributed by atoms with Gasteiger partial charge >= 0.3 is 0 Å². The fraction of sp³-hybridized carbons (Fsp3) is 0.562. The van der Waals surface area contributed by atoms with E-state index in [1.54, 1.807) is 0 Å². The third-order valence-corrected chi connectivity index (χ3v) is 3.87. The van der Waals surface area contributed by atoms with Crippen LogP contribution in [0.4, 0.5) is 8.78 Å². The molecule has 1 aromatic carbocycles. The summed E-state index contributed by atoms with van der Waals surface area (Å²) >= 11 is 0. The minimum atomic E-state index is -0.475. The maximum Gasteiger partial charge on any atom is 0.224 e. The third kappa shape index (κ3) is 4.65. The highest BCUT2D eigenvalue weighted by Crippen LogP contribution is 2.48. The van der Waals surface area contributed by atoms with Crippen LogP contribution in [0.25, 0.3) is 0 Å². The van der Waals surface area contributed by atoms with Gasteiger partial charge in [-0.25, -0.2) is 8.78 Å². The predicted molar refractivity (Wildman–Crippen MR) is 84.9 cm³/mol. The zero-order chi connectivity index (χ0) is 15.6. The lowest BCUT2D eigenvalue weighted by Crippen LogP contribution is -2.42. The van der Waals surface area contributed by atoms with Crippen LogP contribution in [0.1, 0.15) is 38.2 Å². The Morgan fingerprint density at radius 3 is 2.68 bits per heavy atom. The molecule has 1 amide bonds. The lowest BCUT2D eigenvalue weighted by Gasteiger charge is -2.18. The normalized spacial score (nSPS) is 21.2. The number of carbonyl (C=O) groups is 1. The van der Waals surface area contributed by atoms with Gasteiger partial charge in [0.15, 0.2) is 0 Å². The second-order valence-corrected chi connectivity index (χ2v) is 6.19. The molecule has 1 aromatic rings. The molecule has 22 heavy (non-hydrogen) atoms. The molecule has 2 rings (SSSR count). The van der Waals surface area contributed by atoms with Crippen molar-refractivity contribution in [2.45, 2.75) is 38.6 Å². The number of halogens is 3. The highest BCUT2D eigenvalue weighted by atomic mass is 35.5. The molecular formula is C16H23ClF2N2O. The van der Waals surface area contributed by atoms with E-state index in [1.165, 1.54) is 6.07 Å². The van der Waals surface area contributed by atoms with Crippen LogP contribution in [0.15, 0.2) is 18.2 Å². The number of hydrogen-bond donors (Lipinski definition) is 2. The Balaban J connectivity index is 0.00000242. The number of hydrogen-bond acceptors (Lipinski definition) is 2. The van der Waals surface area contributed by atoms with Gasteiger partial charge in [0.2, 0.25) is 5.91 Å². The van der Waals surface area contributed by atoms with E-state index in [-0.39, 0.29) is 36.2 Å². The van der Waals surface area contributed by atoms with E-state index in [0.717, 1.165) is 18.6 Å².